The molecular weight excluding hydrogens is 314 g/mol. The van der Waals surface area contributed by atoms with E-state index in [2.05, 4.69) is 68.5 Å². The molecule has 1 aliphatic heterocycles. The van der Waals surface area contributed by atoms with Crippen molar-refractivity contribution in [3.63, 3.8) is 0 Å². The second-order valence-corrected chi connectivity index (χ2v) is 7.17. The van der Waals surface area contributed by atoms with Gasteiger partial charge in [0.1, 0.15) is 23.8 Å². The summed E-state index contributed by atoms with van der Waals surface area (Å²) >= 11 is 0. The van der Waals surface area contributed by atoms with Crippen molar-refractivity contribution in [2.45, 2.75) is 46.3 Å². The van der Waals surface area contributed by atoms with Gasteiger partial charge in [-0.15, -0.1) is 0 Å². The van der Waals surface area contributed by atoms with E-state index in [1.54, 1.807) is 6.33 Å². The highest BCUT2D eigenvalue weighted by Gasteiger charge is 2.20. The van der Waals surface area contributed by atoms with Crippen molar-refractivity contribution in [2.24, 2.45) is 0 Å². The Bertz CT molecular complexity index is 672. The summed E-state index contributed by atoms with van der Waals surface area (Å²) < 4.78 is 2.25. The van der Waals surface area contributed by atoms with E-state index in [4.69, 9.17) is 0 Å². The quantitative estimate of drug-likeness (QED) is 0.869. The van der Waals surface area contributed by atoms with Crippen LogP contribution < -0.4 is 10.2 Å². The number of aromatic nitrogens is 4. The van der Waals surface area contributed by atoms with Crippen molar-refractivity contribution in [3.05, 3.63) is 30.6 Å². The van der Waals surface area contributed by atoms with Crippen LogP contribution in [0.4, 0.5) is 11.6 Å². The highest BCUT2D eigenvalue weighted by molar-refractivity contribution is 5.49. The van der Waals surface area contributed by atoms with Crippen LogP contribution in [0.3, 0.4) is 0 Å². The van der Waals surface area contributed by atoms with Crippen LogP contribution in [-0.2, 0) is 6.54 Å². The van der Waals surface area contributed by atoms with E-state index >= 15 is 0 Å². The Morgan fingerprint density at radius 3 is 2.48 bits per heavy atom. The van der Waals surface area contributed by atoms with Gasteiger partial charge in [-0.2, -0.15) is 0 Å². The summed E-state index contributed by atoms with van der Waals surface area (Å²) in [4.78, 5) is 18.1. The van der Waals surface area contributed by atoms with E-state index in [9.17, 15) is 0 Å². The number of nitrogens with one attached hydrogen (secondary N) is 1. The highest BCUT2D eigenvalue weighted by atomic mass is 15.3. The van der Waals surface area contributed by atoms with Gasteiger partial charge in [0.25, 0.3) is 0 Å². The van der Waals surface area contributed by atoms with Crippen LogP contribution in [0.1, 0.15) is 39.6 Å². The third kappa shape index (κ3) is 4.48. The first-order valence-corrected chi connectivity index (χ1v) is 9.10. The van der Waals surface area contributed by atoms with Crippen molar-refractivity contribution in [1.82, 2.24) is 24.4 Å². The molecule has 0 atom stereocenters. The lowest BCUT2D eigenvalue weighted by atomic mass is 10.3. The van der Waals surface area contributed by atoms with Crippen LogP contribution in [0.25, 0.3) is 0 Å². The van der Waals surface area contributed by atoms with Gasteiger partial charge in [-0.05, 0) is 27.7 Å². The van der Waals surface area contributed by atoms with Crippen molar-refractivity contribution in [2.75, 3.05) is 36.4 Å². The largest absolute Gasteiger partial charge is 0.368 e. The number of hydrogen-bond acceptors (Lipinski definition) is 6. The first kappa shape index (κ1) is 17.7. The normalized spacial score (nSPS) is 16.0. The first-order valence-electron chi connectivity index (χ1n) is 9.10. The lowest BCUT2D eigenvalue weighted by Gasteiger charge is -2.35. The van der Waals surface area contributed by atoms with E-state index in [1.165, 1.54) is 0 Å². The third-order valence-electron chi connectivity index (χ3n) is 4.46. The summed E-state index contributed by atoms with van der Waals surface area (Å²) in [6, 6.07) is 2.86. The van der Waals surface area contributed by atoms with Crippen molar-refractivity contribution in [3.8, 4) is 0 Å². The van der Waals surface area contributed by atoms with Gasteiger partial charge in [-0.1, -0.05) is 0 Å². The standard InChI is InChI=1S/C18H29N7/c1-14(2)22-16-11-17(21-13-20-16)24-9-7-23(8-10-24)12-18-19-5-6-25(18)15(3)4/h5-6,11,13-15H,7-10,12H2,1-4H3,(H,20,21,22). The molecule has 136 valence electrons. The Morgan fingerprint density at radius 1 is 1.04 bits per heavy atom. The van der Waals surface area contributed by atoms with Gasteiger partial charge in [-0.3, -0.25) is 4.90 Å². The fourth-order valence-corrected chi connectivity index (χ4v) is 3.17. The number of anilines is 2. The topological polar surface area (TPSA) is 62.1 Å². The fraction of sp³-hybridized carbons (Fsp3) is 0.611. The summed E-state index contributed by atoms with van der Waals surface area (Å²) in [6.45, 7) is 13.5. The second kappa shape index (κ2) is 7.82. The summed E-state index contributed by atoms with van der Waals surface area (Å²) in [5, 5.41) is 3.34. The van der Waals surface area contributed by atoms with Gasteiger partial charge in [-0.25, -0.2) is 15.0 Å². The molecular formula is C18H29N7. The van der Waals surface area contributed by atoms with Crippen LogP contribution in [-0.4, -0.2) is 56.6 Å². The average molecular weight is 343 g/mol. The van der Waals surface area contributed by atoms with E-state index in [0.29, 0.717) is 12.1 Å². The molecule has 0 unspecified atom stereocenters. The predicted octanol–water partition coefficient (Wildman–Crippen LogP) is 2.40. The Labute approximate surface area is 150 Å². The minimum Gasteiger partial charge on any atom is -0.368 e. The minimum absolute atomic E-state index is 0.365. The summed E-state index contributed by atoms with van der Waals surface area (Å²) in [7, 11) is 0. The molecule has 25 heavy (non-hydrogen) atoms. The fourth-order valence-electron chi connectivity index (χ4n) is 3.17. The molecule has 1 saturated heterocycles. The van der Waals surface area contributed by atoms with Crippen LogP contribution in [0, 0.1) is 0 Å². The van der Waals surface area contributed by atoms with E-state index < -0.39 is 0 Å². The zero-order valence-corrected chi connectivity index (χ0v) is 15.7. The Morgan fingerprint density at radius 2 is 1.80 bits per heavy atom. The Hall–Kier alpha value is -2.15. The third-order valence-corrected chi connectivity index (χ3v) is 4.46. The summed E-state index contributed by atoms with van der Waals surface area (Å²) in [6.07, 6.45) is 5.61. The Balaban J connectivity index is 1.57. The smallest absolute Gasteiger partial charge is 0.134 e. The SMILES string of the molecule is CC(C)Nc1cc(N2CCN(Cc3nccn3C(C)C)CC2)ncn1. The molecule has 1 N–H and O–H groups in total. The van der Waals surface area contributed by atoms with Crippen LogP contribution in [0.2, 0.25) is 0 Å². The molecule has 0 aliphatic carbocycles. The monoisotopic (exact) mass is 343 g/mol. The second-order valence-electron chi connectivity index (χ2n) is 7.17. The molecule has 0 aromatic carbocycles. The maximum Gasteiger partial charge on any atom is 0.134 e. The molecule has 0 spiro atoms. The maximum absolute atomic E-state index is 4.53. The molecule has 1 fully saturated rings. The van der Waals surface area contributed by atoms with Crippen LogP contribution >= 0.6 is 0 Å². The summed E-state index contributed by atoms with van der Waals surface area (Å²) in [5.41, 5.74) is 0. The van der Waals surface area contributed by atoms with Gasteiger partial charge in [0.15, 0.2) is 0 Å². The molecule has 0 radical (unpaired) electrons. The Kier molecular flexibility index (Phi) is 5.53. The molecule has 0 saturated carbocycles. The molecule has 0 bridgehead atoms. The van der Waals surface area contributed by atoms with Crippen LogP contribution in [0.15, 0.2) is 24.8 Å². The number of hydrogen-bond donors (Lipinski definition) is 1. The number of rotatable bonds is 6. The van der Waals surface area contributed by atoms with Gasteiger partial charge in [0, 0.05) is 56.7 Å². The van der Waals surface area contributed by atoms with Gasteiger partial charge in [0.2, 0.25) is 0 Å². The van der Waals surface area contributed by atoms with Crippen molar-refractivity contribution < 1.29 is 0 Å². The molecule has 0 amide bonds. The zero-order valence-electron chi connectivity index (χ0n) is 15.7. The van der Waals surface area contributed by atoms with Gasteiger partial charge < -0.3 is 14.8 Å². The molecule has 3 rings (SSSR count). The maximum atomic E-state index is 4.53. The van der Waals surface area contributed by atoms with E-state index in [1.807, 2.05) is 12.3 Å². The molecule has 1 aliphatic rings. The molecule has 2 aromatic heterocycles. The van der Waals surface area contributed by atoms with Crippen molar-refractivity contribution >= 4 is 11.6 Å². The average Bonchev–Trinajstić information content (AvgIpc) is 3.03. The molecule has 7 heteroatoms. The predicted molar refractivity (Wildman–Crippen MR) is 101 cm³/mol. The number of nitrogens with zero attached hydrogens (tertiary/aromatic N) is 6. The molecule has 2 aromatic rings. The lowest BCUT2D eigenvalue weighted by molar-refractivity contribution is 0.239. The molecule has 7 nitrogen and oxygen atoms in total. The van der Waals surface area contributed by atoms with E-state index in [0.717, 1.165) is 50.2 Å². The summed E-state index contributed by atoms with van der Waals surface area (Å²) in [5.74, 6) is 3.04. The highest BCUT2D eigenvalue weighted by Crippen LogP contribution is 2.18. The van der Waals surface area contributed by atoms with Crippen LogP contribution in [0.5, 0.6) is 0 Å². The van der Waals surface area contributed by atoms with Gasteiger partial charge in [0.05, 0.1) is 6.54 Å². The van der Waals surface area contributed by atoms with Gasteiger partial charge >= 0.3 is 0 Å². The molecule has 3 heterocycles. The zero-order chi connectivity index (χ0) is 17.8. The lowest BCUT2D eigenvalue weighted by Crippen LogP contribution is -2.46. The minimum atomic E-state index is 0.365. The number of imidazole rings is 1. The first-order chi connectivity index (χ1) is 12.0. The van der Waals surface area contributed by atoms with E-state index in [-0.39, 0.29) is 0 Å². The van der Waals surface area contributed by atoms with Crippen molar-refractivity contribution in [1.29, 1.82) is 0 Å². The number of piperazine rings is 1.